The van der Waals surface area contributed by atoms with Gasteiger partial charge in [-0.05, 0) is 12.5 Å². The third-order valence-electron chi connectivity index (χ3n) is 1.21. The van der Waals surface area contributed by atoms with Gasteiger partial charge in [-0.3, -0.25) is 4.99 Å². The SMILES string of the molecule is CN=C1NC=C(C)CN1. The molecule has 0 saturated heterocycles. The zero-order valence-electron chi connectivity index (χ0n) is 5.73. The van der Waals surface area contributed by atoms with Gasteiger partial charge in [-0.2, -0.15) is 0 Å². The fourth-order valence-corrected chi connectivity index (χ4v) is 0.660. The lowest BCUT2D eigenvalue weighted by molar-refractivity contribution is 0.883. The molecule has 0 saturated carbocycles. The Kier molecular flexibility index (Phi) is 1.72. The molecule has 0 unspecified atom stereocenters. The molecule has 0 radical (unpaired) electrons. The van der Waals surface area contributed by atoms with Crippen molar-refractivity contribution in [2.45, 2.75) is 6.92 Å². The molecule has 0 amide bonds. The van der Waals surface area contributed by atoms with Gasteiger partial charge in [-0.25, -0.2) is 0 Å². The summed E-state index contributed by atoms with van der Waals surface area (Å²) in [6, 6.07) is 0. The Morgan fingerprint density at radius 3 is 2.89 bits per heavy atom. The van der Waals surface area contributed by atoms with Crippen molar-refractivity contribution in [2.24, 2.45) is 4.99 Å². The van der Waals surface area contributed by atoms with Gasteiger partial charge in [0.1, 0.15) is 0 Å². The maximum absolute atomic E-state index is 3.93. The molecule has 0 atom stereocenters. The molecule has 1 aliphatic heterocycles. The largest absolute Gasteiger partial charge is 0.352 e. The van der Waals surface area contributed by atoms with Crippen LogP contribution in [0.1, 0.15) is 6.92 Å². The number of rotatable bonds is 0. The molecule has 0 aromatic heterocycles. The molecule has 50 valence electrons. The van der Waals surface area contributed by atoms with Gasteiger partial charge in [0.2, 0.25) is 0 Å². The fraction of sp³-hybridized carbons (Fsp3) is 0.500. The van der Waals surface area contributed by atoms with Crippen molar-refractivity contribution in [3.8, 4) is 0 Å². The monoisotopic (exact) mass is 125 g/mol. The highest BCUT2D eigenvalue weighted by Crippen LogP contribution is 1.90. The van der Waals surface area contributed by atoms with Crippen molar-refractivity contribution in [1.29, 1.82) is 0 Å². The second-order valence-corrected chi connectivity index (χ2v) is 2.06. The minimum atomic E-state index is 0.848. The first-order valence-corrected chi connectivity index (χ1v) is 2.96. The van der Waals surface area contributed by atoms with E-state index in [1.807, 2.05) is 6.20 Å². The first-order valence-electron chi connectivity index (χ1n) is 2.96. The number of aliphatic imine (C=N–C) groups is 1. The average molecular weight is 125 g/mol. The van der Waals surface area contributed by atoms with Crippen LogP contribution in [0.5, 0.6) is 0 Å². The van der Waals surface area contributed by atoms with Crippen molar-refractivity contribution >= 4 is 5.96 Å². The fourth-order valence-electron chi connectivity index (χ4n) is 0.660. The van der Waals surface area contributed by atoms with E-state index in [1.54, 1.807) is 7.05 Å². The lowest BCUT2D eigenvalue weighted by Gasteiger charge is -2.14. The average Bonchev–Trinajstić information content (AvgIpc) is 1.90. The van der Waals surface area contributed by atoms with Gasteiger partial charge in [0, 0.05) is 19.8 Å². The molecule has 0 spiro atoms. The van der Waals surface area contributed by atoms with E-state index >= 15 is 0 Å². The molecular formula is C6H11N3. The smallest absolute Gasteiger partial charge is 0.195 e. The van der Waals surface area contributed by atoms with E-state index in [2.05, 4.69) is 22.5 Å². The Bertz CT molecular complexity index is 158. The van der Waals surface area contributed by atoms with Crippen molar-refractivity contribution in [3.63, 3.8) is 0 Å². The second kappa shape index (κ2) is 2.53. The zero-order chi connectivity index (χ0) is 6.69. The second-order valence-electron chi connectivity index (χ2n) is 2.06. The van der Waals surface area contributed by atoms with Crippen LogP contribution in [0, 0.1) is 0 Å². The Labute approximate surface area is 54.9 Å². The molecule has 1 heterocycles. The normalized spacial score (nSPS) is 22.4. The maximum atomic E-state index is 3.93. The van der Waals surface area contributed by atoms with E-state index in [4.69, 9.17) is 0 Å². The van der Waals surface area contributed by atoms with Crippen molar-refractivity contribution in [3.05, 3.63) is 11.8 Å². The third-order valence-corrected chi connectivity index (χ3v) is 1.21. The van der Waals surface area contributed by atoms with Gasteiger partial charge < -0.3 is 10.6 Å². The summed E-state index contributed by atoms with van der Waals surface area (Å²) in [7, 11) is 1.75. The molecule has 0 fully saturated rings. The summed E-state index contributed by atoms with van der Waals surface area (Å²) >= 11 is 0. The zero-order valence-corrected chi connectivity index (χ0v) is 5.73. The topological polar surface area (TPSA) is 36.4 Å². The number of hydrogen-bond donors (Lipinski definition) is 2. The molecule has 0 aromatic carbocycles. The van der Waals surface area contributed by atoms with E-state index in [1.165, 1.54) is 5.57 Å². The van der Waals surface area contributed by atoms with Crippen LogP contribution < -0.4 is 10.6 Å². The maximum Gasteiger partial charge on any atom is 0.195 e. The van der Waals surface area contributed by atoms with Crippen molar-refractivity contribution < 1.29 is 0 Å². The van der Waals surface area contributed by atoms with E-state index in [0.717, 1.165) is 12.5 Å². The standard InChI is InChI=1S/C6H11N3/c1-5-3-8-6(7-2)9-4-5/h3H,4H2,1-2H3,(H2,7,8,9). The molecule has 3 heteroatoms. The van der Waals surface area contributed by atoms with Crippen LogP contribution in [0.3, 0.4) is 0 Å². The highest BCUT2D eigenvalue weighted by molar-refractivity contribution is 5.81. The Morgan fingerprint density at radius 2 is 2.44 bits per heavy atom. The lowest BCUT2D eigenvalue weighted by atomic mass is 10.3. The number of hydrogen-bond acceptors (Lipinski definition) is 1. The Balaban J connectivity index is 2.56. The van der Waals surface area contributed by atoms with E-state index in [-0.39, 0.29) is 0 Å². The molecule has 0 bridgehead atoms. The molecule has 9 heavy (non-hydrogen) atoms. The lowest BCUT2D eigenvalue weighted by Crippen LogP contribution is -2.39. The summed E-state index contributed by atoms with van der Waals surface area (Å²) in [5, 5.41) is 6.08. The van der Waals surface area contributed by atoms with Crippen LogP contribution in [0.15, 0.2) is 16.8 Å². The molecule has 1 aliphatic rings. The van der Waals surface area contributed by atoms with Crippen molar-refractivity contribution in [2.75, 3.05) is 13.6 Å². The Hall–Kier alpha value is -0.990. The molecule has 1 rings (SSSR count). The molecule has 3 nitrogen and oxygen atoms in total. The number of nitrogens with zero attached hydrogens (tertiary/aromatic N) is 1. The minimum absolute atomic E-state index is 0.848. The summed E-state index contributed by atoms with van der Waals surface area (Å²) < 4.78 is 0. The van der Waals surface area contributed by atoms with Gasteiger partial charge in [-0.1, -0.05) is 0 Å². The van der Waals surface area contributed by atoms with Crippen LogP contribution in [0.4, 0.5) is 0 Å². The Morgan fingerprint density at radius 1 is 1.67 bits per heavy atom. The predicted molar refractivity (Wildman–Crippen MR) is 38.3 cm³/mol. The van der Waals surface area contributed by atoms with Gasteiger partial charge in [0.15, 0.2) is 5.96 Å². The van der Waals surface area contributed by atoms with Crippen LogP contribution in [-0.2, 0) is 0 Å². The first-order chi connectivity index (χ1) is 4.33. The molecule has 0 aromatic rings. The summed E-state index contributed by atoms with van der Waals surface area (Å²) in [4.78, 5) is 3.93. The predicted octanol–water partition coefficient (Wildman–Crippen LogP) is 0.0688. The third kappa shape index (κ3) is 1.45. The summed E-state index contributed by atoms with van der Waals surface area (Å²) in [6.07, 6.45) is 1.96. The van der Waals surface area contributed by atoms with Crippen LogP contribution in [0.2, 0.25) is 0 Å². The molecule has 2 N–H and O–H groups in total. The summed E-state index contributed by atoms with van der Waals surface area (Å²) in [5.41, 5.74) is 1.29. The highest BCUT2D eigenvalue weighted by Gasteiger charge is 1.99. The van der Waals surface area contributed by atoms with Gasteiger partial charge in [-0.15, -0.1) is 0 Å². The molecule has 0 aliphatic carbocycles. The van der Waals surface area contributed by atoms with Crippen LogP contribution in [-0.4, -0.2) is 19.6 Å². The van der Waals surface area contributed by atoms with Gasteiger partial charge in [0.25, 0.3) is 0 Å². The van der Waals surface area contributed by atoms with Crippen molar-refractivity contribution in [1.82, 2.24) is 10.6 Å². The molecular weight excluding hydrogens is 114 g/mol. The quantitative estimate of drug-likeness (QED) is 0.480. The first kappa shape index (κ1) is 6.13. The van der Waals surface area contributed by atoms with E-state index in [0.29, 0.717) is 0 Å². The summed E-state index contributed by atoms with van der Waals surface area (Å²) in [6.45, 7) is 2.96. The number of guanidine groups is 1. The number of nitrogens with one attached hydrogen (secondary N) is 2. The minimum Gasteiger partial charge on any atom is -0.352 e. The van der Waals surface area contributed by atoms with Gasteiger partial charge >= 0.3 is 0 Å². The summed E-state index contributed by atoms with van der Waals surface area (Å²) in [5.74, 6) is 0.848. The van der Waals surface area contributed by atoms with E-state index < -0.39 is 0 Å². The van der Waals surface area contributed by atoms with Crippen LogP contribution >= 0.6 is 0 Å². The van der Waals surface area contributed by atoms with E-state index in [9.17, 15) is 0 Å². The highest BCUT2D eigenvalue weighted by atomic mass is 15.2. The van der Waals surface area contributed by atoms with Crippen LogP contribution in [0.25, 0.3) is 0 Å². The van der Waals surface area contributed by atoms with Gasteiger partial charge in [0.05, 0.1) is 0 Å².